The van der Waals surface area contributed by atoms with Crippen molar-refractivity contribution in [2.24, 2.45) is 0 Å². The number of unbranched alkanes of at least 4 members (excludes halogenated alkanes) is 21. The Hall–Kier alpha value is -3.67. The lowest BCUT2D eigenvalue weighted by molar-refractivity contribution is -0.167. The molecule has 0 aliphatic rings. The molecule has 0 fully saturated rings. The van der Waals surface area contributed by atoms with E-state index < -0.39 is 6.10 Å². The van der Waals surface area contributed by atoms with Crippen molar-refractivity contribution in [3.63, 3.8) is 0 Å². The molecule has 346 valence electrons. The smallest absolute Gasteiger partial charge is 0.306 e. The van der Waals surface area contributed by atoms with Crippen LogP contribution in [0.4, 0.5) is 0 Å². The quantitative estimate of drug-likeness (QED) is 0.0200. The van der Waals surface area contributed by atoms with Crippen LogP contribution in [0.25, 0.3) is 0 Å². The second-order valence-corrected chi connectivity index (χ2v) is 16.1. The van der Waals surface area contributed by atoms with E-state index in [0.29, 0.717) is 19.3 Å². The zero-order chi connectivity index (χ0) is 44.4. The Bertz CT molecular complexity index is 1250. The lowest BCUT2D eigenvalue weighted by Gasteiger charge is -2.18. The Morgan fingerprint density at radius 1 is 0.344 bits per heavy atom. The van der Waals surface area contributed by atoms with E-state index in [-0.39, 0.29) is 31.1 Å². The molecule has 0 bridgehead atoms. The van der Waals surface area contributed by atoms with Crippen LogP contribution >= 0.6 is 0 Å². The van der Waals surface area contributed by atoms with Crippen molar-refractivity contribution in [2.45, 2.75) is 219 Å². The highest BCUT2D eigenvalue weighted by Gasteiger charge is 2.19. The monoisotopic (exact) mass is 847 g/mol. The van der Waals surface area contributed by atoms with Crippen molar-refractivity contribution in [3.05, 3.63) is 97.2 Å². The van der Waals surface area contributed by atoms with E-state index in [0.717, 1.165) is 116 Å². The van der Waals surface area contributed by atoms with Crippen molar-refractivity contribution < 1.29 is 28.6 Å². The van der Waals surface area contributed by atoms with Crippen LogP contribution in [0.3, 0.4) is 0 Å². The lowest BCUT2D eigenvalue weighted by Crippen LogP contribution is -2.30. The molecule has 0 aromatic heterocycles. The largest absolute Gasteiger partial charge is 0.462 e. The first kappa shape index (κ1) is 57.3. The van der Waals surface area contributed by atoms with Crippen molar-refractivity contribution in [2.75, 3.05) is 13.2 Å². The van der Waals surface area contributed by atoms with E-state index in [9.17, 15) is 14.4 Å². The third kappa shape index (κ3) is 47.2. The molecule has 1 unspecified atom stereocenters. The van der Waals surface area contributed by atoms with E-state index in [1.807, 2.05) is 24.3 Å². The molecular formula is C55H90O6. The molecule has 61 heavy (non-hydrogen) atoms. The van der Waals surface area contributed by atoms with Crippen LogP contribution in [0, 0.1) is 0 Å². The Kier molecular flexibility index (Phi) is 46.0. The van der Waals surface area contributed by atoms with Gasteiger partial charge in [0, 0.05) is 19.3 Å². The Morgan fingerprint density at radius 3 is 1.07 bits per heavy atom. The van der Waals surface area contributed by atoms with Gasteiger partial charge in [-0.25, -0.2) is 0 Å². The molecule has 0 aromatic rings. The molecule has 1 atom stereocenters. The highest BCUT2D eigenvalue weighted by Crippen LogP contribution is 2.13. The number of carbonyl (C=O) groups excluding carboxylic acids is 3. The first-order chi connectivity index (χ1) is 30.0. The number of carbonyl (C=O) groups is 3. The summed E-state index contributed by atoms with van der Waals surface area (Å²) in [5.41, 5.74) is 0. The van der Waals surface area contributed by atoms with E-state index in [4.69, 9.17) is 14.2 Å². The maximum atomic E-state index is 12.8. The second-order valence-electron chi connectivity index (χ2n) is 16.1. The molecule has 0 rings (SSSR count). The molecule has 0 spiro atoms. The standard InChI is InChI=1S/C55H90O6/c1-4-7-10-13-16-19-22-25-27-30-33-36-39-42-45-48-54(57)60-51-52(50-59-53(56)47-44-41-38-35-32-29-24-21-18-15-12-9-6-3)61-55(58)49-46-43-40-37-34-31-28-26-23-20-17-14-11-8-5-2/h7-8,10-11,13-14,16-17,19-20,22-23,25,27,29,32,52H,4-6,9,12,15,18,21,24,26,28,30-31,33-51H2,1-3H3/b10-7-,11-8-,16-13-,17-14-,22-19-,23-20-,27-25-,32-29-. The van der Waals surface area contributed by atoms with Crippen LogP contribution < -0.4 is 0 Å². The highest BCUT2D eigenvalue weighted by molar-refractivity contribution is 5.71. The molecule has 0 saturated heterocycles. The summed E-state index contributed by atoms with van der Waals surface area (Å²) in [5.74, 6) is -0.955. The van der Waals surface area contributed by atoms with Crippen LogP contribution in [0.1, 0.15) is 213 Å². The minimum Gasteiger partial charge on any atom is -0.462 e. The van der Waals surface area contributed by atoms with Crippen molar-refractivity contribution >= 4 is 17.9 Å². The Labute approximate surface area is 375 Å². The molecule has 6 heteroatoms. The topological polar surface area (TPSA) is 78.9 Å². The number of hydrogen-bond donors (Lipinski definition) is 0. The number of ether oxygens (including phenoxy) is 3. The zero-order valence-electron chi connectivity index (χ0n) is 39.4. The number of rotatable bonds is 43. The molecular weight excluding hydrogens is 757 g/mol. The third-order valence-corrected chi connectivity index (χ3v) is 10.2. The lowest BCUT2D eigenvalue weighted by atomic mass is 10.1. The molecule has 0 aromatic carbocycles. The van der Waals surface area contributed by atoms with Gasteiger partial charge in [0.25, 0.3) is 0 Å². The van der Waals surface area contributed by atoms with Crippen LogP contribution in [-0.4, -0.2) is 37.2 Å². The average molecular weight is 847 g/mol. The van der Waals surface area contributed by atoms with Gasteiger partial charge in [-0.3, -0.25) is 14.4 Å². The van der Waals surface area contributed by atoms with Crippen molar-refractivity contribution in [1.29, 1.82) is 0 Å². The summed E-state index contributed by atoms with van der Waals surface area (Å²) in [6, 6.07) is 0. The molecule has 0 N–H and O–H groups in total. The van der Waals surface area contributed by atoms with Crippen LogP contribution in [0.15, 0.2) is 97.2 Å². The van der Waals surface area contributed by atoms with Gasteiger partial charge in [0.1, 0.15) is 13.2 Å². The highest BCUT2D eigenvalue weighted by atomic mass is 16.6. The fourth-order valence-corrected chi connectivity index (χ4v) is 6.50. The predicted octanol–water partition coefficient (Wildman–Crippen LogP) is 16.2. The van der Waals surface area contributed by atoms with Crippen molar-refractivity contribution in [3.8, 4) is 0 Å². The molecule has 0 heterocycles. The minimum atomic E-state index is -0.800. The number of hydrogen-bond acceptors (Lipinski definition) is 6. The molecule has 0 aliphatic heterocycles. The summed E-state index contributed by atoms with van der Waals surface area (Å²) in [4.78, 5) is 37.9. The third-order valence-electron chi connectivity index (χ3n) is 10.2. The maximum absolute atomic E-state index is 12.8. The first-order valence-corrected chi connectivity index (χ1v) is 24.8. The summed E-state index contributed by atoms with van der Waals surface area (Å²) in [6.07, 6.45) is 63.8. The van der Waals surface area contributed by atoms with E-state index in [1.165, 1.54) is 57.8 Å². The number of esters is 3. The summed E-state index contributed by atoms with van der Waals surface area (Å²) in [7, 11) is 0. The average Bonchev–Trinajstić information content (AvgIpc) is 3.26. The normalized spacial score (nSPS) is 12.9. The van der Waals surface area contributed by atoms with E-state index in [1.54, 1.807) is 0 Å². The van der Waals surface area contributed by atoms with Gasteiger partial charge in [-0.2, -0.15) is 0 Å². The fourth-order valence-electron chi connectivity index (χ4n) is 6.50. The molecule has 0 aliphatic carbocycles. The van der Waals surface area contributed by atoms with Crippen molar-refractivity contribution in [1.82, 2.24) is 0 Å². The second kappa shape index (κ2) is 49.0. The SMILES string of the molecule is CC\C=C/C=C\C=C/C=C\CCCCCCCC(=O)OCC(COC(=O)CCCCC/C=C\CCCCCCCC)OC(=O)CCCCCCCCC\C=C/C=C\C=C/CC. The van der Waals surface area contributed by atoms with Gasteiger partial charge in [-0.05, 0) is 83.5 Å². The first-order valence-electron chi connectivity index (χ1n) is 24.8. The predicted molar refractivity (Wildman–Crippen MR) is 260 cm³/mol. The van der Waals surface area contributed by atoms with Gasteiger partial charge in [0.05, 0.1) is 0 Å². The number of allylic oxidation sites excluding steroid dienone is 16. The summed E-state index contributed by atoms with van der Waals surface area (Å²) < 4.78 is 16.7. The van der Waals surface area contributed by atoms with Gasteiger partial charge < -0.3 is 14.2 Å². The summed E-state index contributed by atoms with van der Waals surface area (Å²) >= 11 is 0. The zero-order valence-corrected chi connectivity index (χ0v) is 39.4. The molecule has 0 amide bonds. The van der Waals surface area contributed by atoms with E-state index >= 15 is 0 Å². The molecule has 0 radical (unpaired) electrons. The molecule has 6 nitrogen and oxygen atoms in total. The minimum absolute atomic E-state index is 0.0995. The summed E-state index contributed by atoms with van der Waals surface area (Å²) in [5, 5.41) is 0. The van der Waals surface area contributed by atoms with Crippen LogP contribution in [0.5, 0.6) is 0 Å². The van der Waals surface area contributed by atoms with Crippen LogP contribution in [-0.2, 0) is 28.6 Å². The van der Waals surface area contributed by atoms with Gasteiger partial charge >= 0.3 is 17.9 Å². The van der Waals surface area contributed by atoms with Gasteiger partial charge in [-0.1, -0.05) is 208 Å². The maximum Gasteiger partial charge on any atom is 0.306 e. The van der Waals surface area contributed by atoms with Gasteiger partial charge in [0.2, 0.25) is 0 Å². The van der Waals surface area contributed by atoms with Gasteiger partial charge in [0.15, 0.2) is 6.10 Å². The van der Waals surface area contributed by atoms with Gasteiger partial charge in [-0.15, -0.1) is 0 Å². The Balaban J connectivity index is 4.48. The fraction of sp³-hybridized carbons (Fsp3) is 0.655. The molecule has 0 saturated carbocycles. The summed E-state index contributed by atoms with van der Waals surface area (Å²) in [6.45, 7) is 6.30. The van der Waals surface area contributed by atoms with E-state index in [2.05, 4.69) is 93.7 Å². The van der Waals surface area contributed by atoms with Crippen LogP contribution in [0.2, 0.25) is 0 Å². The Morgan fingerprint density at radius 2 is 0.656 bits per heavy atom.